The maximum atomic E-state index is 4.81. The Labute approximate surface area is 132 Å². The molecule has 19 heavy (non-hydrogen) atoms. The highest BCUT2D eigenvalue weighted by Crippen LogP contribution is 2.35. The highest BCUT2D eigenvalue weighted by molar-refractivity contribution is 9.10. The predicted molar refractivity (Wildman–Crippen MR) is 91.0 cm³/mol. The summed E-state index contributed by atoms with van der Waals surface area (Å²) in [5, 5.41) is 1.21. The monoisotopic (exact) mass is 355 g/mol. The van der Waals surface area contributed by atoms with Gasteiger partial charge >= 0.3 is 0 Å². The lowest BCUT2D eigenvalue weighted by molar-refractivity contribution is 0.802. The van der Waals surface area contributed by atoms with Crippen molar-refractivity contribution in [1.29, 1.82) is 0 Å². The zero-order chi connectivity index (χ0) is 14.0. The first-order chi connectivity index (χ1) is 8.87. The molecule has 0 atom stereocenters. The number of aromatic nitrogens is 1. The van der Waals surface area contributed by atoms with Crippen LogP contribution in [0.3, 0.4) is 0 Å². The maximum Gasteiger partial charge on any atom is 0.103 e. The van der Waals surface area contributed by atoms with Gasteiger partial charge in [-0.3, -0.25) is 0 Å². The second-order valence-electron chi connectivity index (χ2n) is 5.39. The molecule has 0 amide bonds. The first-order valence-corrected chi connectivity index (χ1v) is 8.81. The highest BCUT2D eigenvalue weighted by Gasteiger charge is 2.15. The van der Waals surface area contributed by atoms with E-state index in [2.05, 4.69) is 61.8 Å². The number of hydrogen-bond donors (Lipinski definition) is 0. The molecular weight excluding hydrogens is 338 g/mol. The zero-order valence-corrected chi connectivity index (χ0v) is 14.9. The van der Waals surface area contributed by atoms with Crippen molar-refractivity contribution < 1.29 is 0 Å². The molecule has 2 aromatic rings. The first-order valence-electron chi connectivity index (χ1n) is 6.22. The third-order valence-corrected chi connectivity index (χ3v) is 5.73. The summed E-state index contributed by atoms with van der Waals surface area (Å²) in [4.78, 5) is 6.10. The van der Waals surface area contributed by atoms with Gasteiger partial charge in [-0.1, -0.05) is 54.9 Å². The quantitative estimate of drug-likeness (QED) is 0.678. The molecule has 0 fully saturated rings. The molecule has 0 unspecified atom stereocenters. The second-order valence-corrected chi connectivity index (χ2v) is 9.34. The number of thioether (sulfide) groups is 1. The van der Waals surface area contributed by atoms with E-state index in [1.165, 1.54) is 15.4 Å². The minimum absolute atomic E-state index is 0.285. The lowest BCUT2D eigenvalue weighted by atomic mass is 10.1. The molecule has 0 saturated heterocycles. The molecule has 0 aliphatic rings. The SMILES string of the molecule is Cc1sc(CSC(C)(C)C)nc1-c1ccccc1Br. The molecule has 102 valence electrons. The van der Waals surface area contributed by atoms with E-state index < -0.39 is 0 Å². The molecule has 0 saturated carbocycles. The number of nitrogens with zero attached hydrogens (tertiary/aromatic N) is 1. The van der Waals surface area contributed by atoms with Gasteiger partial charge in [0.2, 0.25) is 0 Å². The average Bonchev–Trinajstić information content (AvgIpc) is 2.68. The summed E-state index contributed by atoms with van der Waals surface area (Å²) in [5.41, 5.74) is 2.30. The van der Waals surface area contributed by atoms with Crippen molar-refractivity contribution >= 4 is 39.0 Å². The number of benzene rings is 1. The van der Waals surface area contributed by atoms with Crippen LogP contribution in [0.5, 0.6) is 0 Å². The minimum atomic E-state index is 0.285. The van der Waals surface area contributed by atoms with E-state index in [0.29, 0.717) is 0 Å². The van der Waals surface area contributed by atoms with Crippen LogP contribution >= 0.6 is 39.0 Å². The van der Waals surface area contributed by atoms with E-state index in [0.717, 1.165) is 15.9 Å². The van der Waals surface area contributed by atoms with Gasteiger partial charge < -0.3 is 0 Å². The van der Waals surface area contributed by atoms with Gasteiger partial charge in [0.1, 0.15) is 5.01 Å². The largest absolute Gasteiger partial charge is 0.240 e. The van der Waals surface area contributed by atoms with Crippen molar-refractivity contribution in [2.75, 3.05) is 0 Å². The Morgan fingerprint density at radius 3 is 2.58 bits per heavy atom. The number of thiazole rings is 1. The number of aryl methyl sites for hydroxylation is 1. The molecule has 0 aliphatic carbocycles. The number of rotatable bonds is 3. The highest BCUT2D eigenvalue weighted by atomic mass is 79.9. The van der Waals surface area contributed by atoms with Gasteiger partial charge in [-0.15, -0.1) is 23.1 Å². The molecule has 0 bridgehead atoms. The standard InChI is InChI=1S/C15H18BrNS2/c1-10-14(11-7-5-6-8-12(11)16)17-13(19-10)9-18-15(2,3)4/h5-8H,9H2,1-4H3. The average molecular weight is 356 g/mol. The molecule has 0 spiro atoms. The van der Waals surface area contributed by atoms with E-state index in [1.54, 1.807) is 11.3 Å². The van der Waals surface area contributed by atoms with Crippen LogP contribution in [0.2, 0.25) is 0 Å². The lowest BCUT2D eigenvalue weighted by Crippen LogP contribution is -2.07. The Bertz CT molecular complexity index is 570. The molecule has 1 aromatic carbocycles. The number of halogens is 1. The van der Waals surface area contributed by atoms with Crippen molar-refractivity contribution in [3.05, 3.63) is 38.6 Å². The molecule has 0 radical (unpaired) electrons. The number of hydrogen-bond acceptors (Lipinski definition) is 3. The summed E-state index contributed by atoms with van der Waals surface area (Å²) < 4.78 is 1.39. The molecule has 2 rings (SSSR count). The van der Waals surface area contributed by atoms with Crippen LogP contribution in [-0.2, 0) is 5.75 Å². The van der Waals surface area contributed by atoms with Gasteiger partial charge in [-0.05, 0) is 13.0 Å². The van der Waals surface area contributed by atoms with Crippen molar-refractivity contribution in [2.45, 2.75) is 38.2 Å². The van der Waals surface area contributed by atoms with Crippen molar-refractivity contribution in [3.63, 3.8) is 0 Å². The maximum absolute atomic E-state index is 4.81. The molecule has 1 aromatic heterocycles. The van der Waals surface area contributed by atoms with Gasteiger partial charge in [0.15, 0.2) is 0 Å². The molecule has 0 aliphatic heterocycles. The van der Waals surface area contributed by atoms with Gasteiger partial charge in [-0.25, -0.2) is 4.98 Å². The van der Waals surface area contributed by atoms with E-state index in [4.69, 9.17) is 4.98 Å². The Kier molecular flexibility index (Phi) is 4.75. The molecule has 1 nitrogen and oxygen atoms in total. The van der Waals surface area contributed by atoms with Crippen molar-refractivity contribution in [2.24, 2.45) is 0 Å². The van der Waals surface area contributed by atoms with Crippen LogP contribution in [-0.4, -0.2) is 9.73 Å². The van der Waals surface area contributed by atoms with E-state index >= 15 is 0 Å². The fourth-order valence-corrected chi connectivity index (χ4v) is 3.94. The Balaban J connectivity index is 2.25. The van der Waals surface area contributed by atoms with Crippen LogP contribution < -0.4 is 0 Å². The first kappa shape index (κ1) is 15.1. The van der Waals surface area contributed by atoms with Gasteiger partial charge in [-0.2, -0.15) is 0 Å². The van der Waals surface area contributed by atoms with Crippen molar-refractivity contribution in [1.82, 2.24) is 4.98 Å². The Morgan fingerprint density at radius 2 is 1.95 bits per heavy atom. The third kappa shape index (κ3) is 4.07. The van der Waals surface area contributed by atoms with Gasteiger partial charge in [0.25, 0.3) is 0 Å². The normalized spacial score (nSPS) is 11.8. The Morgan fingerprint density at radius 1 is 1.26 bits per heavy atom. The van der Waals surface area contributed by atoms with Crippen molar-refractivity contribution in [3.8, 4) is 11.3 Å². The lowest BCUT2D eigenvalue weighted by Gasteiger charge is -2.16. The van der Waals surface area contributed by atoms with Crippen LogP contribution in [0.4, 0.5) is 0 Å². The second kappa shape index (κ2) is 5.98. The van der Waals surface area contributed by atoms with Gasteiger partial charge in [0.05, 0.1) is 5.69 Å². The molecule has 1 heterocycles. The summed E-state index contributed by atoms with van der Waals surface area (Å²) in [6.45, 7) is 8.88. The van der Waals surface area contributed by atoms with E-state index in [1.807, 2.05) is 17.8 Å². The van der Waals surface area contributed by atoms with E-state index in [9.17, 15) is 0 Å². The molecular formula is C15H18BrNS2. The fraction of sp³-hybridized carbons (Fsp3) is 0.400. The third-order valence-electron chi connectivity index (χ3n) is 2.60. The smallest absolute Gasteiger partial charge is 0.103 e. The predicted octanol–water partition coefficient (Wildman–Crippen LogP) is 5.91. The summed E-state index contributed by atoms with van der Waals surface area (Å²) >= 11 is 7.36. The van der Waals surface area contributed by atoms with Crippen LogP contribution in [0.1, 0.15) is 30.7 Å². The van der Waals surface area contributed by atoms with E-state index in [-0.39, 0.29) is 4.75 Å². The fourth-order valence-electron chi connectivity index (χ4n) is 1.69. The summed E-state index contributed by atoms with van der Waals surface area (Å²) in [5.74, 6) is 0.986. The summed E-state index contributed by atoms with van der Waals surface area (Å²) in [6, 6.07) is 8.28. The summed E-state index contributed by atoms with van der Waals surface area (Å²) in [7, 11) is 0. The van der Waals surface area contributed by atoms with Crippen LogP contribution in [0.25, 0.3) is 11.3 Å². The zero-order valence-electron chi connectivity index (χ0n) is 11.7. The molecule has 4 heteroatoms. The van der Waals surface area contributed by atoms with Crippen LogP contribution in [0, 0.1) is 6.92 Å². The Hall–Kier alpha value is -0.320. The minimum Gasteiger partial charge on any atom is -0.240 e. The molecule has 0 N–H and O–H groups in total. The summed E-state index contributed by atoms with van der Waals surface area (Å²) in [6.07, 6.45) is 0. The topological polar surface area (TPSA) is 12.9 Å². The van der Waals surface area contributed by atoms with Gasteiger partial charge in [0, 0.05) is 25.4 Å². The van der Waals surface area contributed by atoms with Crippen LogP contribution in [0.15, 0.2) is 28.7 Å².